The molecule has 0 aromatic heterocycles. The van der Waals surface area contributed by atoms with Gasteiger partial charge in [0, 0.05) is 34.0 Å². The third-order valence-electron chi connectivity index (χ3n) is 6.32. The molecule has 0 spiro atoms. The van der Waals surface area contributed by atoms with Crippen molar-refractivity contribution in [3.05, 3.63) is 34.4 Å². The van der Waals surface area contributed by atoms with Gasteiger partial charge in [-0.25, -0.2) is 0 Å². The van der Waals surface area contributed by atoms with E-state index in [9.17, 15) is 29.3 Å². The van der Waals surface area contributed by atoms with Crippen molar-refractivity contribution >= 4 is 66.9 Å². The highest BCUT2D eigenvalue weighted by molar-refractivity contribution is 9.12. The van der Waals surface area contributed by atoms with E-state index in [0.717, 1.165) is 11.3 Å². The highest BCUT2D eigenvalue weighted by atomic mass is 79.9. The Bertz CT molecular complexity index is 971. The van der Waals surface area contributed by atoms with Gasteiger partial charge in [-0.1, -0.05) is 37.9 Å². The van der Waals surface area contributed by atoms with Crippen molar-refractivity contribution in [3.63, 3.8) is 0 Å². The van der Waals surface area contributed by atoms with Crippen molar-refractivity contribution < 1.29 is 28.8 Å². The van der Waals surface area contributed by atoms with E-state index in [4.69, 9.17) is 4.74 Å². The number of esters is 1. The number of nitrogens with one attached hydrogen (secondary N) is 1. The maximum Gasteiger partial charge on any atom is 0.308 e. The number of nitro benzene ring substituents is 1. The Balaban J connectivity index is 1.25. The number of carbonyl (C=O) groups is 4. The molecular formula is C20H19Br2N3O7. The number of hydrogen-bond donors (Lipinski definition) is 1. The number of imide groups is 1. The maximum atomic E-state index is 12.8. The fourth-order valence-electron chi connectivity index (χ4n) is 4.95. The second-order valence-electron chi connectivity index (χ2n) is 8.10. The molecule has 1 aromatic rings. The minimum atomic E-state index is -0.725. The van der Waals surface area contributed by atoms with Gasteiger partial charge >= 0.3 is 5.97 Å². The van der Waals surface area contributed by atoms with Crippen LogP contribution in [0.3, 0.4) is 0 Å². The van der Waals surface area contributed by atoms with Crippen molar-refractivity contribution in [1.82, 2.24) is 4.90 Å². The standard InChI is InChI=1S/C20H19Br2N3O7/c21-17-11-7-12(18(17)22)16-15(11)19(28)24(20(16)29)5-4-14(27)32-8-13(26)23-9-2-1-3-10(6-9)25(30)31/h1-3,6,11-12,15-18H,4-5,7-8H2,(H,23,26)/t11-,12-,15-,16+,17-,18+/m1/s1. The van der Waals surface area contributed by atoms with Gasteiger partial charge in [-0.05, 0) is 24.3 Å². The van der Waals surface area contributed by atoms with Gasteiger partial charge < -0.3 is 10.1 Å². The van der Waals surface area contributed by atoms with Gasteiger partial charge in [0.25, 0.3) is 11.6 Å². The zero-order valence-corrected chi connectivity index (χ0v) is 19.8. The molecule has 2 aliphatic carbocycles. The Morgan fingerprint density at radius 1 is 1.16 bits per heavy atom. The third kappa shape index (κ3) is 4.05. The Morgan fingerprint density at radius 3 is 2.38 bits per heavy atom. The number of nitrogens with zero attached hydrogens (tertiary/aromatic N) is 2. The van der Waals surface area contributed by atoms with Gasteiger partial charge in [0.05, 0.1) is 23.2 Å². The van der Waals surface area contributed by atoms with Crippen LogP contribution in [0.25, 0.3) is 0 Å². The van der Waals surface area contributed by atoms with Crippen molar-refractivity contribution in [2.75, 3.05) is 18.5 Å². The van der Waals surface area contributed by atoms with E-state index >= 15 is 0 Å². The van der Waals surface area contributed by atoms with E-state index in [1.54, 1.807) is 0 Å². The zero-order chi connectivity index (χ0) is 23.2. The number of non-ortho nitro benzene ring substituents is 1. The van der Waals surface area contributed by atoms with Gasteiger partial charge in [0.15, 0.2) is 6.61 Å². The normalized spacial score (nSPS) is 30.4. The molecule has 3 aliphatic rings. The number of likely N-dealkylation sites (tertiary alicyclic amines) is 1. The fraction of sp³-hybridized carbons (Fsp3) is 0.500. The number of carbonyl (C=O) groups excluding carboxylic acids is 4. The molecule has 0 radical (unpaired) electrons. The van der Waals surface area contributed by atoms with Crippen LogP contribution in [-0.4, -0.2) is 56.3 Å². The first kappa shape index (κ1) is 22.8. The van der Waals surface area contributed by atoms with Crippen molar-refractivity contribution in [3.8, 4) is 0 Å². The molecule has 2 saturated carbocycles. The molecule has 1 heterocycles. The van der Waals surface area contributed by atoms with Crippen molar-refractivity contribution in [2.24, 2.45) is 23.7 Å². The second-order valence-corrected chi connectivity index (χ2v) is 10.2. The lowest BCUT2D eigenvalue weighted by Gasteiger charge is -2.28. The summed E-state index contributed by atoms with van der Waals surface area (Å²) in [5.74, 6) is -2.37. The Kier molecular flexibility index (Phi) is 6.35. The summed E-state index contributed by atoms with van der Waals surface area (Å²) in [7, 11) is 0. The molecule has 1 aromatic carbocycles. The number of fused-ring (bicyclic) bond motifs is 5. The molecule has 170 valence electrons. The topological polar surface area (TPSA) is 136 Å². The van der Waals surface area contributed by atoms with Crippen LogP contribution in [0.5, 0.6) is 0 Å². The highest BCUT2D eigenvalue weighted by Crippen LogP contribution is 2.60. The van der Waals surface area contributed by atoms with E-state index in [1.165, 1.54) is 24.3 Å². The molecule has 2 bridgehead atoms. The lowest BCUT2D eigenvalue weighted by atomic mass is 9.81. The SMILES string of the molecule is O=C(COC(=O)CCN1C(=O)[C@@H]2[C@H]3C[C@@H]([C@H](Br)[C@@H]3Br)[C@@H]2C1=O)Nc1cccc([N+](=O)[O-])c1. The Morgan fingerprint density at radius 2 is 1.78 bits per heavy atom. The molecule has 1 saturated heterocycles. The van der Waals surface area contributed by atoms with Crippen LogP contribution in [0.2, 0.25) is 0 Å². The van der Waals surface area contributed by atoms with E-state index in [0.29, 0.717) is 0 Å². The summed E-state index contributed by atoms with van der Waals surface area (Å²) in [4.78, 5) is 61.2. The highest BCUT2D eigenvalue weighted by Gasteiger charge is 2.66. The molecule has 10 nitrogen and oxygen atoms in total. The van der Waals surface area contributed by atoms with Gasteiger partial charge in [-0.2, -0.15) is 0 Å². The second kappa shape index (κ2) is 8.89. The average Bonchev–Trinajstić information content (AvgIpc) is 3.36. The molecule has 1 N–H and O–H groups in total. The smallest absolute Gasteiger partial charge is 0.308 e. The predicted molar refractivity (Wildman–Crippen MR) is 118 cm³/mol. The van der Waals surface area contributed by atoms with Crippen LogP contribution in [-0.2, 0) is 23.9 Å². The number of anilines is 1. The summed E-state index contributed by atoms with van der Waals surface area (Å²) in [6.45, 7) is -0.676. The third-order valence-corrected chi connectivity index (χ3v) is 9.53. The van der Waals surface area contributed by atoms with E-state index in [1.807, 2.05) is 0 Å². The van der Waals surface area contributed by atoms with Gasteiger partial charge in [0.2, 0.25) is 11.8 Å². The number of ether oxygens (including phenoxy) is 1. The lowest BCUT2D eigenvalue weighted by molar-refractivity contribution is -0.384. The molecule has 0 unspecified atom stereocenters. The van der Waals surface area contributed by atoms with Gasteiger partial charge in [-0.15, -0.1) is 0 Å². The fourth-order valence-corrected chi connectivity index (χ4v) is 6.82. The van der Waals surface area contributed by atoms with Crippen LogP contribution in [0.15, 0.2) is 24.3 Å². The first-order valence-corrected chi connectivity index (χ1v) is 11.9. The first-order valence-electron chi connectivity index (χ1n) is 10.0. The van der Waals surface area contributed by atoms with Crippen LogP contribution < -0.4 is 5.32 Å². The number of hydrogen-bond acceptors (Lipinski definition) is 7. The number of alkyl halides is 2. The lowest BCUT2D eigenvalue weighted by Crippen LogP contribution is -2.37. The largest absolute Gasteiger partial charge is 0.456 e. The van der Waals surface area contributed by atoms with Crippen molar-refractivity contribution in [1.29, 1.82) is 0 Å². The van der Waals surface area contributed by atoms with Crippen LogP contribution >= 0.6 is 31.9 Å². The minimum absolute atomic E-state index is 0.0880. The summed E-state index contributed by atoms with van der Waals surface area (Å²) >= 11 is 7.24. The summed E-state index contributed by atoms with van der Waals surface area (Å²) < 4.78 is 4.92. The number of halogens is 2. The van der Waals surface area contributed by atoms with E-state index in [2.05, 4.69) is 37.2 Å². The van der Waals surface area contributed by atoms with Crippen molar-refractivity contribution in [2.45, 2.75) is 22.5 Å². The Labute approximate surface area is 199 Å². The quantitative estimate of drug-likeness (QED) is 0.174. The molecule has 4 rings (SSSR count). The molecule has 12 heteroatoms. The summed E-state index contributed by atoms with van der Waals surface area (Å²) in [5, 5.41) is 13.2. The number of nitro groups is 1. The summed E-state index contributed by atoms with van der Waals surface area (Å²) in [5.41, 5.74) is 0.0141. The molecule has 32 heavy (non-hydrogen) atoms. The number of benzene rings is 1. The number of rotatable bonds is 7. The Hall–Kier alpha value is -2.34. The maximum absolute atomic E-state index is 12.8. The number of amides is 3. The van der Waals surface area contributed by atoms with E-state index in [-0.39, 0.29) is 69.5 Å². The van der Waals surface area contributed by atoms with Crippen LogP contribution in [0.4, 0.5) is 11.4 Å². The molecule has 1 aliphatic heterocycles. The van der Waals surface area contributed by atoms with E-state index < -0.39 is 23.4 Å². The summed E-state index contributed by atoms with van der Waals surface area (Å²) in [6.07, 6.45) is 0.611. The minimum Gasteiger partial charge on any atom is -0.456 e. The average molecular weight is 573 g/mol. The van der Waals surface area contributed by atoms with Gasteiger partial charge in [-0.3, -0.25) is 34.2 Å². The zero-order valence-electron chi connectivity index (χ0n) is 16.6. The molecule has 6 atom stereocenters. The predicted octanol–water partition coefficient (Wildman–Crippen LogP) is 2.24. The molecule has 3 fully saturated rings. The van der Waals surface area contributed by atoms with Gasteiger partial charge in [0.1, 0.15) is 0 Å². The molecule has 3 amide bonds. The van der Waals surface area contributed by atoms with Crippen LogP contribution in [0, 0.1) is 33.8 Å². The first-order chi connectivity index (χ1) is 15.2. The molecular weight excluding hydrogens is 554 g/mol. The summed E-state index contributed by atoms with van der Waals surface area (Å²) in [6, 6.07) is 5.35. The van der Waals surface area contributed by atoms with Crippen LogP contribution in [0.1, 0.15) is 12.8 Å². The monoisotopic (exact) mass is 571 g/mol.